The van der Waals surface area contributed by atoms with Crippen molar-refractivity contribution in [3.8, 4) is 0 Å². The Kier molecular flexibility index (Phi) is 6.88. The molecular formula is C24H31N. The summed E-state index contributed by atoms with van der Waals surface area (Å²) in [5, 5.41) is 0. The lowest BCUT2D eigenvalue weighted by atomic mass is 9.89. The zero-order chi connectivity index (χ0) is 17.3. The highest BCUT2D eigenvalue weighted by atomic mass is 15.1. The number of allylic oxidation sites excluding steroid dienone is 1. The molecule has 1 aliphatic carbocycles. The van der Waals surface area contributed by atoms with Crippen LogP contribution in [0.1, 0.15) is 50.2 Å². The molecule has 0 aromatic heterocycles. The summed E-state index contributed by atoms with van der Waals surface area (Å²) in [6.45, 7) is 4.32. The van der Waals surface area contributed by atoms with E-state index in [-0.39, 0.29) is 0 Å². The molecule has 0 amide bonds. The molecule has 2 aromatic carbocycles. The molecule has 0 bridgehead atoms. The normalized spacial score (nSPS) is 17.2. The predicted octanol–water partition coefficient (Wildman–Crippen LogP) is 6.21. The first-order valence-corrected chi connectivity index (χ1v) is 9.81. The van der Waals surface area contributed by atoms with E-state index in [2.05, 4.69) is 84.6 Å². The van der Waals surface area contributed by atoms with Crippen molar-refractivity contribution < 1.29 is 0 Å². The maximum absolute atomic E-state index is 2.57. The van der Waals surface area contributed by atoms with Crippen LogP contribution in [0.4, 0.5) is 0 Å². The molecule has 1 saturated carbocycles. The second-order valence-corrected chi connectivity index (χ2v) is 7.40. The van der Waals surface area contributed by atoms with Gasteiger partial charge in [-0.05, 0) is 36.8 Å². The molecule has 0 N–H and O–H groups in total. The minimum atomic E-state index is 0.447. The maximum Gasteiger partial charge on any atom is 0.0257 e. The van der Waals surface area contributed by atoms with Gasteiger partial charge in [-0.25, -0.2) is 0 Å². The smallest absolute Gasteiger partial charge is 0.0257 e. The van der Waals surface area contributed by atoms with E-state index in [9.17, 15) is 0 Å². The number of hydrogen-bond donors (Lipinski definition) is 0. The van der Waals surface area contributed by atoms with Gasteiger partial charge < -0.3 is 0 Å². The van der Waals surface area contributed by atoms with Crippen molar-refractivity contribution in [2.45, 2.75) is 58.2 Å². The molecule has 1 fully saturated rings. The molecule has 0 spiro atoms. The molecule has 25 heavy (non-hydrogen) atoms. The second-order valence-electron chi connectivity index (χ2n) is 7.40. The Morgan fingerprint density at radius 1 is 0.840 bits per heavy atom. The lowest BCUT2D eigenvalue weighted by Crippen LogP contribution is -2.31. The monoisotopic (exact) mass is 333 g/mol. The van der Waals surface area contributed by atoms with Crippen molar-refractivity contribution >= 4 is 0 Å². The Bertz CT molecular complexity index is 584. The maximum atomic E-state index is 2.57. The zero-order valence-electron chi connectivity index (χ0n) is 15.5. The minimum Gasteiger partial charge on any atom is -0.289 e. The van der Waals surface area contributed by atoms with Crippen LogP contribution < -0.4 is 0 Å². The van der Waals surface area contributed by atoms with Crippen molar-refractivity contribution in [1.29, 1.82) is 0 Å². The molecule has 2 aromatic rings. The third-order valence-electron chi connectivity index (χ3n) is 5.34. The minimum absolute atomic E-state index is 0.447. The van der Waals surface area contributed by atoms with E-state index >= 15 is 0 Å². The molecule has 0 aliphatic heterocycles. The van der Waals surface area contributed by atoms with E-state index in [1.807, 2.05) is 0 Å². The van der Waals surface area contributed by atoms with Crippen molar-refractivity contribution in [1.82, 2.24) is 4.90 Å². The Balaban J connectivity index is 1.68. The van der Waals surface area contributed by atoms with Crippen LogP contribution in [0.2, 0.25) is 0 Å². The van der Waals surface area contributed by atoms with Gasteiger partial charge in [0.2, 0.25) is 0 Å². The Morgan fingerprint density at radius 3 is 1.88 bits per heavy atom. The van der Waals surface area contributed by atoms with Gasteiger partial charge in [-0.2, -0.15) is 0 Å². The van der Waals surface area contributed by atoms with E-state index < -0.39 is 0 Å². The molecule has 0 heterocycles. The van der Waals surface area contributed by atoms with Crippen LogP contribution in [0.5, 0.6) is 0 Å². The van der Waals surface area contributed by atoms with Gasteiger partial charge in [-0.3, -0.25) is 4.90 Å². The van der Waals surface area contributed by atoms with Crippen molar-refractivity contribution in [2.75, 3.05) is 0 Å². The Hall–Kier alpha value is -1.86. The summed E-state index contributed by atoms with van der Waals surface area (Å²) >= 11 is 0. The summed E-state index contributed by atoms with van der Waals surface area (Å²) in [5.41, 5.74) is 2.77. The summed E-state index contributed by atoms with van der Waals surface area (Å²) in [6, 6.07) is 22.1. The molecule has 132 valence electrons. The standard InChI is InChI=1S/C24H31N/c1-21(17-18-22-11-5-2-6-12-22)25(19-23-13-7-3-8-14-23)20-24-15-9-4-10-16-24/h3-4,7-10,13-18,21-22H,2,5-6,11-12,19-20H2,1H3. The predicted molar refractivity (Wildman–Crippen MR) is 107 cm³/mol. The highest BCUT2D eigenvalue weighted by Gasteiger charge is 2.15. The van der Waals surface area contributed by atoms with Gasteiger partial charge in [0.1, 0.15) is 0 Å². The molecule has 1 nitrogen and oxygen atoms in total. The summed E-state index contributed by atoms with van der Waals surface area (Å²) < 4.78 is 0. The number of nitrogens with zero attached hydrogens (tertiary/aromatic N) is 1. The number of hydrogen-bond acceptors (Lipinski definition) is 1. The fourth-order valence-electron chi connectivity index (χ4n) is 3.75. The molecule has 3 rings (SSSR count). The van der Waals surface area contributed by atoms with Crippen LogP contribution in [-0.4, -0.2) is 10.9 Å². The summed E-state index contributed by atoms with van der Waals surface area (Å²) in [5.74, 6) is 0.798. The number of benzene rings is 2. The van der Waals surface area contributed by atoms with Crippen molar-refractivity contribution in [3.63, 3.8) is 0 Å². The van der Waals surface area contributed by atoms with Gasteiger partial charge in [-0.1, -0.05) is 92.1 Å². The van der Waals surface area contributed by atoms with Gasteiger partial charge in [0.05, 0.1) is 0 Å². The quantitative estimate of drug-likeness (QED) is 0.544. The molecular weight excluding hydrogens is 302 g/mol. The zero-order valence-corrected chi connectivity index (χ0v) is 15.5. The van der Waals surface area contributed by atoms with Gasteiger partial charge >= 0.3 is 0 Å². The van der Waals surface area contributed by atoms with Gasteiger partial charge in [-0.15, -0.1) is 0 Å². The topological polar surface area (TPSA) is 3.24 Å². The van der Waals surface area contributed by atoms with Gasteiger partial charge in [0.25, 0.3) is 0 Å². The first-order chi connectivity index (χ1) is 12.3. The van der Waals surface area contributed by atoms with Crippen LogP contribution in [0.25, 0.3) is 0 Å². The SMILES string of the molecule is CC(C=CC1CCCCC1)N(Cc1ccccc1)Cc1ccccc1. The van der Waals surface area contributed by atoms with E-state index in [0.717, 1.165) is 19.0 Å². The second kappa shape index (κ2) is 9.58. The van der Waals surface area contributed by atoms with E-state index in [1.165, 1.54) is 43.2 Å². The molecule has 1 unspecified atom stereocenters. The van der Waals surface area contributed by atoms with Crippen molar-refractivity contribution in [3.05, 3.63) is 83.9 Å². The van der Waals surface area contributed by atoms with Crippen LogP contribution >= 0.6 is 0 Å². The molecule has 0 radical (unpaired) electrons. The van der Waals surface area contributed by atoms with E-state index in [0.29, 0.717) is 6.04 Å². The van der Waals surface area contributed by atoms with Crippen LogP contribution in [-0.2, 0) is 13.1 Å². The molecule has 1 aliphatic rings. The highest BCUT2D eigenvalue weighted by molar-refractivity contribution is 5.18. The van der Waals surface area contributed by atoms with Crippen LogP contribution in [0, 0.1) is 5.92 Å². The summed E-state index contributed by atoms with van der Waals surface area (Å²) in [7, 11) is 0. The fourth-order valence-corrected chi connectivity index (χ4v) is 3.75. The van der Waals surface area contributed by atoms with Crippen LogP contribution in [0.15, 0.2) is 72.8 Å². The lowest BCUT2D eigenvalue weighted by molar-refractivity contribution is 0.222. The lowest BCUT2D eigenvalue weighted by Gasteiger charge is -2.28. The first kappa shape index (κ1) is 17.9. The van der Waals surface area contributed by atoms with E-state index in [4.69, 9.17) is 0 Å². The fraction of sp³-hybridized carbons (Fsp3) is 0.417. The third kappa shape index (κ3) is 5.86. The highest BCUT2D eigenvalue weighted by Crippen LogP contribution is 2.25. The molecule has 1 atom stereocenters. The largest absolute Gasteiger partial charge is 0.289 e. The molecule has 1 heteroatoms. The average molecular weight is 334 g/mol. The molecule has 0 saturated heterocycles. The van der Waals surface area contributed by atoms with E-state index in [1.54, 1.807) is 0 Å². The Morgan fingerprint density at radius 2 is 1.36 bits per heavy atom. The van der Waals surface area contributed by atoms with Gasteiger partial charge in [0, 0.05) is 19.1 Å². The first-order valence-electron chi connectivity index (χ1n) is 9.81. The van der Waals surface area contributed by atoms with Crippen LogP contribution in [0.3, 0.4) is 0 Å². The average Bonchev–Trinajstić information content (AvgIpc) is 2.68. The van der Waals surface area contributed by atoms with Gasteiger partial charge in [0.15, 0.2) is 0 Å². The third-order valence-corrected chi connectivity index (χ3v) is 5.34. The number of rotatable bonds is 7. The van der Waals surface area contributed by atoms with Crippen molar-refractivity contribution in [2.24, 2.45) is 5.92 Å². The summed E-state index contributed by atoms with van der Waals surface area (Å²) in [4.78, 5) is 2.57. The summed E-state index contributed by atoms with van der Waals surface area (Å²) in [6.07, 6.45) is 11.9. The Labute approximate surface area is 153 Å².